The maximum atomic E-state index is 15.6. The van der Waals surface area contributed by atoms with Crippen LogP contribution in [0.5, 0.6) is 5.75 Å². The van der Waals surface area contributed by atoms with Gasteiger partial charge in [0.05, 0.1) is 33.0 Å². The molecule has 1 saturated carbocycles. The van der Waals surface area contributed by atoms with Crippen LogP contribution in [0.3, 0.4) is 0 Å². The highest BCUT2D eigenvalue weighted by Gasteiger charge is 2.80. The lowest BCUT2D eigenvalue weighted by atomic mass is 9.47. The Bertz CT molecular complexity index is 2490. The Labute approximate surface area is 398 Å². The Hall–Kier alpha value is -4.12. The van der Waals surface area contributed by atoms with Gasteiger partial charge in [0.2, 0.25) is 5.60 Å². The number of aliphatic hydroxyl groups is 2. The fraction of sp³-hybridized carbons (Fsp3) is 0.635. The maximum absolute atomic E-state index is 15.6. The van der Waals surface area contributed by atoms with Crippen molar-refractivity contribution in [1.82, 2.24) is 19.7 Å². The van der Waals surface area contributed by atoms with Gasteiger partial charge in [-0.1, -0.05) is 26.0 Å². The number of carbonyl (C=O) groups excluding carboxylic acids is 3. The summed E-state index contributed by atoms with van der Waals surface area (Å²) in [6, 6.07) is 9.46. The second-order valence-electron chi connectivity index (χ2n) is 20.8. The van der Waals surface area contributed by atoms with Crippen molar-refractivity contribution in [3.63, 3.8) is 0 Å². The molecule has 14 nitrogen and oxygen atoms in total. The van der Waals surface area contributed by atoms with Gasteiger partial charge in [0.1, 0.15) is 11.2 Å². The quantitative estimate of drug-likeness (QED) is 0.100. The highest BCUT2D eigenvalue weighted by atomic mass is 32.2. The Morgan fingerprint density at radius 3 is 2.40 bits per heavy atom. The van der Waals surface area contributed by atoms with E-state index < -0.39 is 57.5 Å². The van der Waals surface area contributed by atoms with Crippen LogP contribution in [0.4, 0.5) is 5.69 Å². The number of likely N-dealkylation sites (tertiary alicyclic amines) is 1. The summed E-state index contributed by atoms with van der Waals surface area (Å²) in [5, 5.41) is 26.7. The van der Waals surface area contributed by atoms with Crippen molar-refractivity contribution >= 4 is 46.3 Å². The average molecular weight is 940 g/mol. The molecule has 10 atom stereocenters. The first-order valence-electron chi connectivity index (χ1n) is 24.6. The number of rotatable bonds is 11. The predicted molar refractivity (Wildman–Crippen MR) is 257 cm³/mol. The molecular formula is C52H69N5O9S. The number of piperidine rings is 1. The number of aromatic amines is 1. The summed E-state index contributed by atoms with van der Waals surface area (Å²) in [4.78, 5) is 57.6. The zero-order chi connectivity index (χ0) is 47.3. The summed E-state index contributed by atoms with van der Waals surface area (Å²) in [5.74, 6) is -0.567. The van der Waals surface area contributed by atoms with Crippen LogP contribution in [-0.2, 0) is 45.8 Å². The van der Waals surface area contributed by atoms with Gasteiger partial charge in [0.15, 0.2) is 6.10 Å². The monoisotopic (exact) mass is 939 g/mol. The minimum atomic E-state index is -2.31. The van der Waals surface area contributed by atoms with Crippen LogP contribution < -0.4 is 9.64 Å². The molecule has 10 rings (SSSR count). The molecule has 0 radical (unpaired) electrons. The van der Waals surface area contributed by atoms with E-state index in [1.165, 1.54) is 38.9 Å². The Morgan fingerprint density at radius 2 is 1.70 bits per heavy atom. The molecule has 1 aliphatic carbocycles. The number of benzene rings is 2. The fourth-order valence-corrected chi connectivity index (χ4v) is 15.9. The molecule has 1 spiro atoms. The van der Waals surface area contributed by atoms with E-state index in [4.69, 9.17) is 18.9 Å². The summed E-state index contributed by atoms with van der Waals surface area (Å²) in [5.41, 5.74) is -1.61. The standard InChI is InChI=1S/C52H69N5O9S/c1-8-48(61)28-33-29-51(46(59)64-6,42-35(15-21-56(30-33)31-48)36-25-34(13-14-39(36)53-42)67-24-23-55-18-10-11-19-55)38-26-37-40(27-41(38)63-5)54(4)44-50(37)17-22-57-20-12-16-49(9-2,43(50)57)45(66-32(3)58)52(44,62)47(60)65-7/h12-14,16,25-27,33,43-45,53,61-62H,8-11,15,17-24,28-31H2,1-7H3/t33-,43+,44-,45-,48+,49-,50-,51+,52+/m1/s1. The first-order valence-corrected chi connectivity index (χ1v) is 25.6. The molecule has 2 aromatic carbocycles. The van der Waals surface area contributed by atoms with Gasteiger partial charge < -0.3 is 43.9 Å². The molecule has 2 bridgehead atoms. The number of ether oxygens (including phenoxy) is 4. The molecule has 4 fully saturated rings. The summed E-state index contributed by atoms with van der Waals surface area (Å²) < 4.78 is 24.3. The molecule has 1 unspecified atom stereocenters. The molecule has 6 aliphatic heterocycles. The largest absolute Gasteiger partial charge is 0.496 e. The number of fused-ring (bicyclic) bond motifs is 6. The van der Waals surface area contributed by atoms with E-state index in [1.54, 1.807) is 7.11 Å². The van der Waals surface area contributed by atoms with E-state index in [0.29, 0.717) is 82.6 Å². The second-order valence-corrected chi connectivity index (χ2v) is 21.9. The number of hydrogen-bond acceptors (Lipinski definition) is 14. The van der Waals surface area contributed by atoms with Crippen LogP contribution in [0, 0.1) is 11.3 Å². The maximum Gasteiger partial charge on any atom is 0.344 e. The van der Waals surface area contributed by atoms with Crippen molar-refractivity contribution in [1.29, 1.82) is 0 Å². The Kier molecular flexibility index (Phi) is 11.9. The van der Waals surface area contributed by atoms with Crippen LogP contribution in [0.2, 0.25) is 0 Å². The third-order valence-corrected chi connectivity index (χ3v) is 18.5. The van der Waals surface area contributed by atoms with Crippen LogP contribution in [0.25, 0.3) is 10.9 Å². The normalized spacial score (nSPS) is 35.5. The zero-order valence-electron chi connectivity index (χ0n) is 40.3. The average Bonchev–Trinajstić information content (AvgIpc) is 4.13. The Morgan fingerprint density at radius 1 is 0.925 bits per heavy atom. The zero-order valence-corrected chi connectivity index (χ0v) is 41.1. The molecule has 3 N–H and O–H groups in total. The molecule has 15 heteroatoms. The lowest BCUT2D eigenvalue weighted by Crippen LogP contribution is -2.81. The van der Waals surface area contributed by atoms with Gasteiger partial charge in [-0.05, 0) is 112 Å². The lowest BCUT2D eigenvalue weighted by Gasteiger charge is -2.63. The smallest absolute Gasteiger partial charge is 0.344 e. The van der Waals surface area contributed by atoms with Gasteiger partial charge in [-0.2, -0.15) is 0 Å². The lowest BCUT2D eigenvalue weighted by molar-refractivity contribution is -0.228. The first-order chi connectivity index (χ1) is 32.2. The highest BCUT2D eigenvalue weighted by Crippen LogP contribution is 2.68. The number of aromatic nitrogens is 1. The van der Waals surface area contributed by atoms with Gasteiger partial charge >= 0.3 is 17.9 Å². The van der Waals surface area contributed by atoms with Gasteiger partial charge in [0.25, 0.3) is 0 Å². The topological polar surface area (TPSA) is 157 Å². The molecule has 3 aromatic rings. The molecule has 0 amide bonds. The number of anilines is 1. The first kappa shape index (κ1) is 46.6. The summed E-state index contributed by atoms with van der Waals surface area (Å²) >= 11 is 1.86. The number of carbonyl (C=O) groups is 3. The summed E-state index contributed by atoms with van der Waals surface area (Å²) in [7, 11) is 6.22. The van der Waals surface area contributed by atoms with Crippen molar-refractivity contribution in [3.8, 4) is 5.75 Å². The van der Waals surface area contributed by atoms with E-state index in [0.717, 1.165) is 58.8 Å². The number of nitrogens with zero attached hydrogens (tertiary/aromatic N) is 4. The van der Waals surface area contributed by atoms with Crippen LogP contribution >= 0.6 is 11.8 Å². The third-order valence-electron chi connectivity index (χ3n) is 17.5. The van der Waals surface area contributed by atoms with Crippen molar-refractivity contribution in [2.45, 2.75) is 117 Å². The number of hydrogen-bond donors (Lipinski definition) is 3. The van der Waals surface area contributed by atoms with E-state index in [9.17, 15) is 19.8 Å². The molecule has 3 saturated heterocycles. The fourth-order valence-electron chi connectivity index (χ4n) is 14.9. The Balaban J connectivity index is 1.22. The van der Waals surface area contributed by atoms with Gasteiger partial charge in [-0.15, -0.1) is 11.8 Å². The number of esters is 3. The molecule has 67 heavy (non-hydrogen) atoms. The van der Waals surface area contributed by atoms with E-state index >= 15 is 4.79 Å². The third kappa shape index (κ3) is 6.78. The number of nitrogens with one attached hydrogen (secondary N) is 1. The van der Waals surface area contributed by atoms with Crippen LogP contribution in [0.1, 0.15) is 88.1 Å². The number of likely N-dealkylation sites (N-methyl/N-ethyl adjacent to an activating group) is 1. The summed E-state index contributed by atoms with van der Waals surface area (Å²) in [6.45, 7) is 12.0. The SMILES string of the molecule is CC[C@]1(O)C[C@H]2CN(CCc3c([nH]c4ccc(SCCN5CCCC5)cc34)[C@@](C(=O)OC)(c3cc4c(cc3OC)N(C)[C@H]3[C@@](O)(C(=O)OC)[C@H](OC(C)=O)[C@]5(CC)C=CCN6CC[C@]43[C@@H]65)C2)C1. The second kappa shape index (κ2) is 17.1. The van der Waals surface area contributed by atoms with Crippen molar-refractivity contribution in [2.75, 3.05) is 91.4 Å². The van der Waals surface area contributed by atoms with E-state index in [2.05, 4.69) is 56.1 Å². The predicted octanol–water partition coefficient (Wildman–Crippen LogP) is 5.18. The van der Waals surface area contributed by atoms with Crippen LogP contribution in [-0.4, -0.2) is 164 Å². The number of thioether (sulfide) groups is 1. The van der Waals surface area contributed by atoms with Crippen LogP contribution in [0.15, 0.2) is 47.4 Å². The number of H-pyrrole nitrogens is 1. The minimum absolute atomic E-state index is 0.111. The van der Waals surface area contributed by atoms with Gasteiger partial charge in [0, 0.05) is 108 Å². The molecule has 7 aliphatic rings. The van der Waals surface area contributed by atoms with Crippen molar-refractivity contribution in [3.05, 3.63) is 64.9 Å². The molecule has 7 heterocycles. The molecular weight excluding hydrogens is 871 g/mol. The molecule has 362 valence electrons. The van der Waals surface area contributed by atoms with Gasteiger partial charge in [-0.25, -0.2) is 4.79 Å². The molecule has 1 aromatic heterocycles. The van der Waals surface area contributed by atoms with Crippen molar-refractivity contribution < 1.29 is 43.5 Å². The number of methoxy groups -OCH3 is 3. The van der Waals surface area contributed by atoms with E-state index in [1.807, 2.05) is 43.6 Å². The van der Waals surface area contributed by atoms with E-state index in [-0.39, 0.29) is 12.0 Å². The minimum Gasteiger partial charge on any atom is -0.496 e. The summed E-state index contributed by atoms with van der Waals surface area (Å²) in [6.07, 6.45) is 8.47. The van der Waals surface area contributed by atoms with Crippen molar-refractivity contribution in [2.24, 2.45) is 11.3 Å². The van der Waals surface area contributed by atoms with Gasteiger partial charge in [-0.3, -0.25) is 19.4 Å². The highest BCUT2D eigenvalue weighted by molar-refractivity contribution is 7.99.